The Labute approximate surface area is 111 Å². The van der Waals surface area contributed by atoms with Crippen molar-refractivity contribution in [3.05, 3.63) is 28.8 Å². The predicted octanol–water partition coefficient (Wildman–Crippen LogP) is 2.48. The minimum atomic E-state index is 0.786. The van der Waals surface area contributed by atoms with E-state index >= 15 is 0 Å². The molecule has 0 aromatic heterocycles. The first-order valence-corrected chi connectivity index (χ1v) is 6.61. The lowest BCUT2D eigenvalue weighted by molar-refractivity contribution is 0.318. The second-order valence-electron chi connectivity index (χ2n) is 4.91. The fraction of sp³-hybridized carbons (Fsp3) is 0.600. The largest absolute Gasteiger partial charge is 0.496 e. The second kappa shape index (κ2) is 7.39. The molecular weight excluding hydrogens is 224 g/mol. The molecule has 0 saturated carbocycles. The highest BCUT2D eigenvalue weighted by Gasteiger charge is 2.08. The van der Waals surface area contributed by atoms with Crippen LogP contribution in [-0.4, -0.2) is 32.1 Å². The normalized spacial score (nSPS) is 11.0. The molecule has 0 fully saturated rings. The van der Waals surface area contributed by atoms with E-state index in [-0.39, 0.29) is 0 Å². The van der Waals surface area contributed by atoms with Gasteiger partial charge in [-0.05, 0) is 69.6 Å². The third-order valence-electron chi connectivity index (χ3n) is 3.50. The van der Waals surface area contributed by atoms with E-state index in [1.165, 1.54) is 23.1 Å². The summed E-state index contributed by atoms with van der Waals surface area (Å²) in [5, 5.41) is 0. The van der Waals surface area contributed by atoms with Crippen molar-refractivity contribution < 1.29 is 4.74 Å². The molecule has 0 amide bonds. The van der Waals surface area contributed by atoms with Gasteiger partial charge in [0.15, 0.2) is 0 Å². The highest BCUT2D eigenvalue weighted by atomic mass is 16.5. The van der Waals surface area contributed by atoms with Crippen LogP contribution in [0.4, 0.5) is 0 Å². The molecule has 1 rings (SSSR count). The summed E-state index contributed by atoms with van der Waals surface area (Å²) < 4.78 is 5.34. The van der Waals surface area contributed by atoms with E-state index in [4.69, 9.17) is 10.5 Å². The molecule has 0 aliphatic rings. The average molecular weight is 250 g/mol. The molecule has 0 radical (unpaired) electrons. The fourth-order valence-corrected chi connectivity index (χ4v) is 2.14. The van der Waals surface area contributed by atoms with Crippen LogP contribution in [0.2, 0.25) is 0 Å². The first-order chi connectivity index (χ1) is 8.60. The molecule has 0 bridgehead atoms. The van der Waals surface area contributed by atoms with Crippen molar-refractivity contribution in [1.82, 2.24) is 4.90 Å². The van der Waals surface area contributed by atoms with Gasteiger partial charge in [-0.1, -0.05) is 6.07 Å². The molecule has 1 aromatic rings. The summed E-state index contributed by atoms with van der Waals surface area (Å²) in [7, 11) is 3.88. The van der Waals surface area contributed by atoms with Crippen LogP contribution < -0.4 is 10.5 Å². The summed E-state index contributed by atoms with van der Waals surface area (Å²) in [6, 6.07) is 4.23. The molecule has 0 heterocycles. The van der Waals surface area contributed by atoms with Crippen LogP contribution in [0.15, 0.2) is 12.1 Å². The zero-order chi connectivity index (χ0) is 13.5. The molecule has 0 atom stereocenters. The highest BCUT2D eigenvalue weighted by Crippen LogP contribution is 2.24. The Kier molecular flexibility index (Phi) is 6.16. The molecule has 0 spiro atoms. The Morgan fingerprint density at radius 3 is 2.50 bits per heavy atom. The van der Waals surface area contributed by atoms with E-state index in [0.29, 0.717) is 0 Å². The molecule has 3 heteroatoms. The Hall–Kier alpha value is -1.06. The van der Waals surface area contributed by atoms with Gasteiger partial charge in [0, 0.05) is 6.54 Å². The van der Waals surface area contributed by atoms with Gasteiger partial charge in [0.2, 0.25) is 0 Å². The van der Waals surface area contributed by atoms with E-state index in [0.717, 1.165) is 31.8 Å². The zero-order valence-electron chi connectivity index (χ0n) is 12.1. The minimum Gasteiger partial charge on any atom is -0.496 e. The number of nitrogens with zero attached hydrogens (tertiary/aromatic N) is 1. The van der Waals surface area contributed by atoms with Gasteiger partial charge in [0.05, 0.1) is 7.11 Å². The van der Waals surface area contributed by atoms with Crippen LogP contribution in [0.5, 0.6) is 5.75 Å². The first-order valence-electron chi connectivity index (χ1n) is 6.61. The second-order valence-corrected chi connectivity index (χ2v) is 4.91. The lowest BCUT2D eigenvalue weighted by Crippen LogP contribution is -2.20. The molecule has 18 heavy (non-hydrogen) atoms. The Bertz CT molecular complexity index is 377. The maximum absolute atomic E-state index is 5.51. The van der Waals surface area contributed by atoms with Crippen LogP contribution in [0, 0.1) is 13.8 Å². The molecule has 1 aromatic carbocycles. The lowest BCUT2D eigenvalue weighted by atomic mass is 10.0. The topological polar surface area (TPSA) is 38.5 Å². The number of hydrogen-bond donors (Lipinski definition) is 1. The standard InChI is InChI=1S/C15H26N2O/c1-12-13(2)15(18-4)8-7-14(12)11-17(3)10-6-5-9-16/h7-8H,5-6,9-11,16H2,1-4H3. The van der Waals surface area contributed by atoms with Crippen molar-refractivity contribution >= 4 is 0 Å². The van der Waals surface area contributed by atoms with Crippen LogP contribution in [-0.2, 0) is 6.54 Å². The minimum absolute atomic E-state index is 0.786. The lowest BCUT2D eigenvalue weighted by Gasteiger charge is -2.19. The molecule has 2 N–H and O–H groups in total. The van der Waals surface area contributed by atoms with Crippen molar-refractivity contribution in [2.75, 3.05) is 27.2 Å². The third-order valence-corrected chi connectivity index (χ3v) is 3.50. The van der Waals surface area contributed by atoms with E-state index in [1.807, 2.05) is 0 Å². The Balaban J connectivity index is 2.64. The first kappa shape index (κ1) is 15.0. The SMILES string of the molecule is COc1ccc(CN(C)CCCCN)c(C)c1C. The van der Waals surface area contributed by atoms with Crippen LogP contribution in [0.1, 0.15) is 29.5 Å². The third kappa shape index (κ3) is 4.00. The van der Waals surface area contributed by atoms with Gasteiger partial charge in [0.1, 0.15) is 5.75 Å². The van der Waals surface area contributed by atoms with Crippen molar-refractivity contribution in [1.29, 1.82) is 0 Å². The van der Waals surface area contributed by atoms with E-state index in [1.54, 1.807) is 7.11 Å². The summed E-state index contributed by atoms with van der Waals surface area (Å²) in [4.78, 5) is 2.35. The number of rotatable bonds is 7. The molecule has 0 unspecified atom stereocenters. The maximum Gasteiger partial charge on any atom is 0.122 e. The van der Waals surface area contributed by atoms with Gasteiger partial charge in [-0.15, -0.1) is 0 Å². The van der Waals surface area contributed by atoms with Crippen LogP contribution in [0.3, 0.4) is 0 Å². The number of benzene rings is 1. The van der Waals surface area contributed by atoms with Gasteiger partial charge < -0.3 is 15.4 Å². The summed E-state index contributed by atoms with van der Waals surface area (Å²) >= 11 is 0. The number of hydrogen-bond acceptors (Lipinski definition) is 3. The molecule has 102 valence electrons. The molecule has 0 saturated heterocycles. The van der Waals surface area contributed by atoms with Gasteiger partial charge in [-0.25, -0.2) is 0 Å². The molecule has 0 aliphatic carbocycles. The van der Waals surface area contributed by atoms with Crippen LogP contribution in [0.25, 0.3) is 0 Å². The predicted molar refractivity (Wildman–Crippen MR) is 77.1 cm³/mol. The number of methoxy groups -OCH3 is 1. The summed E-state index contributed by atoms with van der Waals surface area (Å²) in [6.07, 6.45) is 2.27. The van der Waals surface area contributed by atoms with E-state index in [2.05, 4.69) is 37.9 Å². The number of nitrogens with two attached hydrogens (primary N) is 1. The highest BCUT2D eigenvalue weighted by molar-refractivity contribution is 5.43. The quantitative estimate of drug-likeness (QED) is 0.756. The van der Waals surface area contributed by atoms with E-state index in [9.17, 15) is 0 Å². The smallest absolute Gasteiger partial charge is 0.122 e. The van der Waals surface area contributed by atoms with Crippen molar-refractivity contribution in [3.8, 4) is 5.75 Å². The average Bonchev–Trinajstić information content (AvgIpc) is 2.36. The Morgan fingerprint density at radius 2 is 1.89 bits per heavy atom. The fourth-order valence-electron chi connectivity index (χ4n) is 2.14. The monoisotopic (exact) mass is 250 g/mol. The molecular formula is C15H26N2O. The summed E-state index contributed by atoms with van der Waals surface area (Å²) in [6.45, 7) is 7.16. The summed E-state index contributed by atoms with van der Waals surface area (Å²) in [5.74, 6) is 0.974. The van der Waals surface area contributed by atoms with Crippen molar-refractivity contribution in [2.45, 2.75) is 33.2 Å². The van der Waals surface area contributed by atoms with Gasteiger partial charge in [-0.3, -0.25) is 0 Å². The summed E-state index contributed by atoms with van der Waals surface area (Å²) in [5.41, 5.74) is 9.46. The van der Waals surface area contributed by atoms with Gasteiger partial charge >= 0.3 is 0 Å². The van der Waals surface area contributed by atoms with Gasteiger partial charge in [-0.2, -0.15) is 0 Å². The maximum atomic E-state index is 5.51. The van der Waals surface area contributed by atoms with E-state index < -0.39 is 0 Å². The van der Waals surface area contributed by atoms with Crippen LogP contribution >= 0.6 is 0 Å². The number of ether oxygens (including phenoxy) is 1. The number of unbranched alkanes of at least 4 members (excludes halogenated alkanes) is 1. The zero-order valence-corrected chi connectivity index (χ0v) is 12.1. The Morgan fingerprint density at radius 1 is 1.17 bits per heavy atom. The molecule has 0 aliphatic heterocycles. The van der Waals surface area contributed by atoms with Crippen molar-refractivity contribution in [3.63, 3.8) is 0 Å². The molecule has 3 nitrogen and oxygen atoms in total. The van der Waals surface area contributed by atoms with Gasteiger partial charge in [0.25, 0.3) is 0 Å². The van der Waals surface area contributed by atoms with Crippen molar-refractivity contribution in [2.24, 2.45) is 5.73 Å².